The van der Waals surface area contributed by atoms with Crippen LogP contribution in [0.25, 0.3) is 0 Å². The Kier molecular flexibility index (Phi) is 13.4. The lowest BCUT2D eigenvalue weighted by atomic mass is 9.92. The van der Waals surface area contributed by atoms with Crippen molar-refractivity contribution in [3.05, 3.63) is 23.8 Å². The van der Waals surface area contributed by atoms with Crippen molar-refractivity contribution in [3.63, 3.8) is 0 Å². The molecule has 1 rings (SSSR count). The van der Waals surface area contributed by atoms with E-state index < -0.39 is 47.6 Å². The molecule has 0 bridgehead atoms. The van der Waals surface area contributed by atoms with E-state index in [0.717, 1.165) is 0 Å². The Balaban J connectivity index is 3.48. The monoisotopic (exact) mass is 567 g/mol. The normalized spacial score (nSPS) is 15.1. The van der Waals surface area contributed by atoms with Crippen molar-refractivity contribution in [1.29, 1.82) is 0 Å². The highest BCUT2D eigenvalue weighted by Crippen LogP contribution is 2.32. The number of hydrogen-bond acceptors (Lipinski definition) is 10. The van der Waals surface area contributed by atoms with Gasteiger partial charge in [-0.25, -0.2) is 14.4 Å². The van der Waals surface area contributed by atoms with Crippen molar-refractivity contribution in [3.8, 4) is 11.5 Å². The fourth-order valence-corrected chi connectivity index (χ4v) is 3.30. The van der Waals surface area contributed by atoms with Gasteiger partial charge in [-0.1, -0.05) is 47.6 Å². The predicted molar refractivity (Wildman–Crippen MR) is 147 cm³/mol. The Morgan fingerprint density at radius 3 is 1.82 bits per heavy atom. The topological polar surface area (TPSA) is 147 Å². The van der Waals surface area contributed by atoms with Crippen LogP contribution in [0.4, 0.5) is 9.59 Å². The van der Waals surface area contributed by atoms with Gasteiger partial charge in [0, 0.05) is 12.5 Å². The minimum atomic E-state index is -2.12. The van der Waals surface area contributed by atoms with E-state index in [1.54, 1.807) is 20.8 Å². The molecule has 0 heterocycles. The summed E-state index contributed by atoms with van der Waals surface area (Å²) in [6, 6.07) is 3.83. The van der Waals surface area contributed by atoms with Gasteiger partial charge in [-0.05, 0) is 63.1 Å². The quantitative estimate of drug-likeness (QED) is 0.118. The van der Waals surface area contributed by atoms with Gasteiger partial charge in [0.25, 0.3) is 5.72 Å². The van der Waals surface area contributed by atoms with E-state index in [1.165, 1.54) is 18.2 Å². The lowest BCUT2D eigenvalue weighted by Gasteiger charge is -2.34. The Labute approximate surface area is 236 Å². The summed E-state index contributed by atoms with van der Waals surface area (Å²) < 4.78 is 26.6. The molecule has 40 heavy (non-hydrogen) atoms. The van der Waals surface area contributed by atoms with E-state index in [-0.39, 0.29) is 30.4 Å². The molecule has 0 spiro atoms. The second kappa shape index (κ2) is 15.4. The summed E-state index contributed by atoms with van der Waals surface area (Å²) in [5.74, 6) is -2.42. The molecule has 0 radical (unpaired) electrons. The SMILES string of the molecule is CCC(C)N[C@@](Cc1ccc(OC(=O)OC(C)CC)c(OC(=O)OC(C)CC)c1)(OC(=O)CC(C)(C)C)C(=O)O. The number of carboxylic acids is 1. The standard InChI is InChI=1S/C29H45NO10/c1-10-18(4)30-29(25(32)33,40-24(31)17-28(7,8)9)16-21-13-14-22(38-26(34)36-19(5)11-2)23(15-21)39-27(35)37-20(6)12-3/h13-15,18-20,30H,10-12,16-17H2,1-9H3,(H,32,33)/t18?,19?,20?,29-/m0/s1. The molecule has 4 atom stereocenters. The van der Waals surface area contributed by atoms with Crippen molar-refractivity contribution in [2.24, 2.45) is 5.41 Å². The molecule has 0 aromatic heterocycles. The highest BCUT2D eigenvalue weighted by atomic mass is 16.7. The van der Waals surface area contributed by atoms with Crippen LogP contribution in [0.5, 0.6) is 11.5 Å². The summed E-state index contributed by atoms with van der Waals surface area (Å²) in [6.07, 6.45) is -1.54. The van der Waals surface area contributed by atoms with Gasteiger partial charge in [0.2, 0.25) is 0 Å². The van der Waals surface area contributed by atoms with Crippen molar-refractivity contribution >= 4 is 24.2 Å². The molecule has 0 amide bonds. The van der Waals surface area contributed by atoms with Crippen LogP contribution in [0.3, 0.4) is 0 Å². The maximum Gasteiger partial charge on any atom is 0.514 e. The molecule has 0 saturated carbocycles. The van der Waals surface area contributed by atoms with Gasteiger partial charge >= 0.3 is 24.2 Å². The third-order valence-electron chi connectivity index (χ3n) is 5.99. The van der Waals surface area contributed by atoms with Crippen LogP contribution in [0.15, 0.2) is 18.2 Å². The largest absolute Gasteiger partial charge is 0.514 e. The summed E-state index contributed by atoms with van der Waals surface area (Å²) >= 11 is 0. The second-order valence-electron chi connectivity index (χ2n) is 11.1. The van der Waals surface area contributed by atoms with Gasteiger partial charge < -0.3 is 28.8 Å². The van der Waals surface area contributed by atoms with Crippen molar-refractivity contribution in [2.45, 2.75) is 118 Å². The molecule has 0 saturated heterocycles. The number of nitrogens with one attached hydrogen (secondary N) is 1. The van der Waals surface area contributed by atoms with Crippen molar-refractivity contribution in [2.75, 3.05) is 0 Å². The third kappa shape index (κ3) is 11.8. The molecule has 3 unspecified atom stereocenters. The van der Waals surface area contributed by atoms with Crippen LogP contribution >= 0.6 is 0 Å². The Morgan fingerprint density at radius 1 is 0.850 bits per heavy atom. The molecule has 1 aromatic rings. The van der Waals surface area contributed by atoms with Gasteiger partial charge in [-0.2, -0.15) is 0 Å². The number of ether oxygens (including phenoxy) is 5. The highest BCUT2D eigenvalue weighted by molar-refractivity contribution is 5.82. The minimum Gasteiger partial charge on any atom is -0.477 e. The first kappa shape index (κ1) is 34.7. The molecule has 11 nitrogen and oxygen atoms in total. The Morgan fingerprint density at radius 2 is 1.38 bits per heavy atom. The lowest BCUT2D eigenvalue weighted by molar-refractivity contribution is -0.185. The third-order valence-corrected chi connectivity index (χ3v) is 5.99. The van der Waals surface area contributed by atoms with Crippen molar-refractivity contribution in [1.82, 2.24) is 5.32 Å². The molecular weight excluding hydrogens is 522 g/mol. The van der Waals surface area contributed by atoms with E-state index in [2.05, 4.69) is 5.32 Å². The van der Waals surface area contributed by atoms with Crippen LogP contribution in [-0.4, -0.2) is 53.3 Å². The van der Waals surface area contributed by atoms with Gasteiger partial charge in [-0.3, -0.25) is 10.1 Å². The first-order valence-corrected chi connectivity index (χ1v) is 13.7. The Bertz CT molecular complexity index is 1020. The predicted octanol–water partition coefficient (Wildman–Crippen LogP) is 6.01. The Hall–Kier alpha value is -3.34. The zero-order chi connectivity index (χ0) is 30.7. The number of hydrogen-bond donors (Lipinski definition) is 2. The average Bonchev–Trinajstić information content (AvgIpc) is 2.83. The number of carbonyl (C=O) groups is 4. The van der Waals surface area contributed by atoms with Crippen LogP contribution in [-0.2, 0) is 30.2 Å². The average molecular weight is 568 g/mol. The number of carbonyl (C=O) groups excluding carboxylic acids is 3. The van der Waals surface area contributed by atoms with E-state index >= 15 is 0 Å². The summed E-state index contributed by atoms with van der Waals surface area (Å²) in [4.78, 5) is 50.1. The maximum absolute atomic E-state index is 12.8. The zero-order valence-corrected chi connectivity index (χ0v) is 25.1. The van der Waals surface area contributed by atoms with E-state index in [9.17, 15) is 24.3 Å². The molecule has 11 heteroatoms. The van der Waals surface area contributed by atoms with Crippen LogP contribution in [0.2, 0.25) is 0 Å². The molecule has 2 N–H and O–H groups in total. The van der Waals surface area contributed by atoms with Crippen molar-refractivity contribution < 1.29 is 48.0 Å². The molecule has 0 fully saturated rings. The summed E-state index contributed by atoms with van der Waals surface area (Å²) in [7, 11) is 0. The summed E-state index contributed by atoms with van der Waals surface area (Å²) in [5, 5.41) is 13.2. The number of carboxylic acid groups (broad SMARTS) is 1. The number of aliphatic carboxylic acids is 1. The smallest absolute Gasteiger partial charge is 0.477 e. The molecule has 0 aliphatic heterocycles. The van der Waals surface area contributed by atoms with Crippen LogP contribution < -0.4 is 14.8 Å². The van der Waals surface area contributed by atoms with Gasteiger partial charge in [0.05, 0.1) is 6.42 Å². The molecule has 0 aliphatic carbocycles. The minimum absolute atomic E-state index is 0.00883. The first-order chi connectivity index (χ1) is 18.5. The number of benzene rings is 1. The first-order valence-electron chi connectivity index (χ1n) is 13.7. The van der Waals surface area contributed by atoms with Crippen LogP contribution in [0.1, 0.15) is 93.6 Å². The highest BCUT2D eigenvalue weighted by Gasteiger charge is 2.44. The van der Waals surface area contributed by atoms with E-state index in [4.69, 9.17) is 23.7 Å². The number of esters is 1. The summed E-state index contributed by atoms with van der Waals surface area (Å²) in [5.41, 5.74) is -2.24. The molecule has 0 aliphatic rings. The van der Waals surface area contributed by atoms with Gasteiger partial charge in [0.1, 0.15) is 12.2 Å². The summed E-state index contributed by atoms with van der Waals surface area (Å²) in [6.45, 7) is 16.2. The van der Waals surface area contributed by atoms with E-state index in [0.29, 0.717) is 24.8 Å². The second-order valence-corrected chi connectivity index (χ2v) is 11.1. The maximum atomic E-state index is 12.8. The fourth-order valence-electron chi connectivity index (χ4n) is 3.30. The molecular formula is C29H45NO10. The number of rotatable bonds is 14. The van der Waals surface area contributed by atoms with Gasteiger partial charge in [-0.15, -0.1) is 0 Å². The van der Waals surface area contributed by atoms with Crippen LogP contribution in [0, 0.1) is 5.41 Å². The lowest BCUT2D eigenvalue weighted by Crippen LogP contribution is -2.59. The van der Waals surface area contributed by atoms with E-state index in [1.807, 2.05) is 41.5 Å². The molecule has 1 aromatic carbocycles. The van der Waals surface area contributed by atoms with Gasteiger partial charge in [0.15, 0.2) is 11.5 Å². The molecule has 226 valence electrons. The zero-order valence-electron chi connectivity index (χ0n) is 25.1. The fraction of sp³-hybridized carbons (Fsp3) is 0.655.